The van der Waals surface area contributed by atoms with Gasteiger partial charge in [-0.1, -0.05) is 45.0 Å². The monoisotopic (exact) mass is 252 g/mol. The van der Waals surface area contributed by atoms with Crippen molar-refractivity contribution in [3.63, 3.8) is 0 Å². The van der Waals surface area contributed by atoms with Crippen LogP contribution in [0, 0.1) is 6.07 Å². The van der Waals surface area contributed by atoms with Gasteiger partial charge in [-0.05, 0) is 41.3 Å². The minimum atomic E-state index is -0.0972. The van der Waals surface area contributed by atoms with Gasteiger partial charge >= 0.3 is 0 Å². The molecule has 2 aromatic carbocycles. The fourth-order valence-corrected chi connectivity index (χ4v) is 1.80. The van der Waals surface area contributed by atoms with Crippen molar-refractivity contribution >= 4 is 11.6 Å². The zero-order valence-electron chi connectivity index (χ0n) is 11.5. The summed E-state index contributed by atoms with van der Waals surface area (Å²) < 4.78 is 0. The smallest absolute Gasteiger partial charge is 0.255 e. The molecule has 0 unspecified atom stereocenters. The van der Waals surface area contributed by atoms with Gasteiger partial charge in [0.1, 0.15) is 0 Å². The van der Waals surface area contributed by atoms with Crippen LogP contribution in [-0.4, -0.2) is 5.91 Å². The number of anilines is 1. The van der Waals surface area contributed by atoms with E-state index in [2.05, 4.69) is 32.2 Å². The lowest BCUT2D eigenvalue weighted by Gasteiger charge is -2.19. The quantitative estimate of drug-likeness (QED) is 0.858. The van der Waals surface area contributed by atoms with Crippen molar-refractivity contribution < 1.29 is 4.79 Å². The fourth-order valence-electron chi connectivity index (χ4n) is 1.80. The van der Waals surface area contributed by atoms with E-state index in [4.69, 9.17) is 0 Å². The molecule has 2 aromatic rings. The van der Waals surface area contributed by atoms with E-state index in [9.17, 15) is 4.79 Å². The van der Waals surface area contributed by atoms with Crippen LogP contribution < -0.4 is 5.32 Å². The summed E-state index contributed by atoms with van der Waals surface area (Å²) in [5.41, 5.74) is 2.74. The van der Waals surface area contributed by atoms with Gasteiger partial charge in [-0.3, -0.25) is 4.79 Å². The zero-order valence-corrected chi connectivity index (χ0v) is 11.5. The first-order valence-corrected chi connectivity index (χ1v) is 6.35. The van der Waals surface area contributed by atoms with Gasteiger partial charge in [-0.15, -0.1) is 0 Å². The molecule has 0 aliphatic heterocycles. The minimum absolute atomic E-state index is 0.0972. The molecule has 2 rings (SSSR count). The lowest BCUT2D eigenvalue weighted by Crippen LogP contribution is -2.14. The Kier molecular flexibility index (Phi) is 3.70. The molecule has 97 valence electrons. The Labute approximate surface area is 114 Å². The first-order valence-electron chi connectivity index (χ1n) is 6.35. The molecule has 0 aliphatic rings. The maximum absolute atomic E-state index is 12.1. The molecule has 1 N–H and O–H groups in total. The van der Waals surface area contributed by atoms with Crippen LogP contribution in [0.5, 0.6) is 0 Å². The highest BCUT2D eigenvalue weighted by Crippen LogP contribution is 2.22. The van der Waals surface area contributed by atoms with Crippen LogP contribution in [0.3, 0.4) is 0 Å². The highest BCUT2D eigenvalue weighted by molar-refractivity contribution is 6.04. The van der Waals surface area contributed by atoms with Gasteiger partial charge in [0.25, 0.3) is 5.91 Å². The largest absolute Gasteiger partial charge is 0.322 e. The predicted molar refractivity (Wildman–Crippen MR) is 78.4 cm³/mol. The Hall–Kier alpha value is -2.09. The molecule has 1 amide bonds. The van der Waals surface area contributed by atoms with Crippen molar-refractivity contribution in [2.24, 2.45) is 0 Å². The van der Waals surface area contributed by atoms with Crippen molar-refractivity contribution in [1.82, 2.24) is 0 Å². The highest BCUT2D eigenvalue weighted by Gasteiger charge is 2.14. The van der Waals surface area contributed by atoms with E-state index in [1.807, 2.05) is 36.4 Å². The third-order valence-electron chi connectivity index (χ3n) is 2.98. The van der Waals surface area contributed by atoms with Gasteiger partial charge in [0.15, 0.2) is 0 Å². The van der Waals surface area contributed by atoms with Crippen LogP contribution in [0.1, 0.15) is 36.7 Å². The molecule has 0 aromatic heterocycles. The second kappa shape index (κ2) is 5.27. The summed E-state index contributed by atoms with van der Waals surface area (Å²) in [7, 11) is 0. The molecule has 0 fully saturated rings. The van der Waals surface area contributed by atoms with Crippen LogP contribution in [0.4, 0.5) is 5.69 Å². The number of amides is 1. The van der Waals surface area contributed by atoms with E-state index >= 15 is 0 Å². The SMILES string of the molecule is CC(C)(C)c1ccc(C(=O)Nc2c[c]ccc2)cc1. The first kappa shape index (κ1) is 13.3. The van der Waals surface area contributed by atoms with Crippen LogP contribution >= 0.6 is 0 Å². The van der Waals surface area contributed by atoms with Gasteiger partial charge in [0.2, 0.25) is 0 Å². The third-order valence-corrected chi connectivity index (χ3v) is 2.98. The number of benzene rings is 2. The van der Waals surface area contributed by atoms with Crippen molar-refractivity contribution in [1.29, 1.82) is 0 Å². The summed E-state index contributed by atoms with van der Waals surface area (Å²) in [5.74, 6) is -0.0972. The first-order chi connectivity index (χ1) is 8.97. The molecule has 0 saturated carbocycles. The number of rotatable bonds is 2. The molecule has 19 heavy (non-hydrogen) atoms. The Morgan fingerprint density at radius 3 is 2.32 bits per heavy atom. The van der Waals surface area contributed by atoms with Crippen molar-refractivity contribution in [3.05, 3.63) is 65.7 Å². The molecule has 2 heteroatoms. The second-order valence-corrected chi connectivity index (χ2v) is 5.57. The summed E-state index contributed by atoms with van der Waals surface area (Å²) >= 11 is 0. The van der Waals surface area contributed by atoms with Crippen LogP contribution in [0.15, 0.2) is 48.5 Å². The van der Waals surface area contributed by atoms with Crippen LogP contribution in [0.2, 0.25) is 0 Å². The Bertz CT molecular complexity index is 550. The molecule has 0 saturated heterocycles. The fraction of sp³-hybridized carbons (Fsp3) is 0.235. The van der Waals surface area contributed by atoms with E-state index in [1.165, 1.54) is 5.56 Å². The Morgan fingerprint density at radius 2 is 1.79 bits per heavy atom. The molecule has 0 atom stereocenters. The molecule has 0 aliphatic carbocycles. The number of carbonyl (C=O) groups is 1. The Morgan fingerprint density at radius 1 is 1.11 bits per heavy atom. The van der Waals surface area contributed by atoms with Crippen molar-refractivity contribution in [2.45, 2.75) is 26.2 Å². The minimum Gasteiger partial charge on any atom is -0.322 e. The normalized spacial score (nSPS) is 11.1. The maximum Gasteiger partial charge on any atom is 0.255 e. The van der Waals surface area contributed by atoms with E-state index in [-0.39, 0.29) is 11.3 Å². The second-order valence-electron chi connectivity index (χ2n) is 5.57. The average molecular weight is 252 g/mol. The van der Waals surface area contributed by atoms with Gasteiger partial charge in [0.05, 0.1) is 0 Å². The highest BCUT2D eigenvalue weighted by atomic mass is 16.1. The molecule has 0 heterocycles. The summed E-state index contributed by atoms with van der Waals surface area (Å²) in [6.07, 6.45) is 0. The van der Waals surface area contributed by atoms with Crippen LogP contribution in [0.25, 0.3) is 0 Å². The predicted octanol–water partition coefficient (Wildman–Crippen LogP) is 4.04. The molecule has 0 spiro atoms. The number of hydrogen-bond donors (Lipinski definition) is 1. The Balaban J connectivity index is 2.12. The number of carbonyl (C=O) groups excluding carboxylic acids is 1. The molecule has 1 radical (unpaired) electrons. The summed E-state index contributed by atoms with van der Waals surface area (Å²) in [5, 5.41) is 2.85. The van der Waals surface area contributed by atoms with E-state index in [0.29, 0.717) is 5.56 Å². The lowest BCUT2D eigenvalue weighted by molar-refractivity contribution is 0.102. The molecule has 2 nitrogen and oxygen atoms in total. The van der Waals surface area contributed by atoms with Gasteiger partial charge < -0.3 is 5.32 Å². The van der Waals surface area contributed by atoms with E-state index in [0.717, 1.165) is 5.69 Å². The maximum atomic E-state index is 12.1. The van der Waals surface area contributed by atoms with E-state index < -0.39 is 0 Å². The number of nitrogens with one attached hydrogen (secondary N) is 1. The molecular formula is C17H18NO. The molecular weight excluding hydrogens is 234 g/mol. The van der Waals surface area contributed by atoms with Crippen molar-refractivity contribution in [2.75, 3.05) is 5.32 Å². The standard InChI is InChI=1S/C17H18NO/c1-17(2,3)14-11-9-13(10-12-14)16(19)18-15-7-5-4-6-8-15/h4-5,7-12H,1-3H3,(H,18,19). The summed E-state index contributed by atoms with van der Waals surface area (Å²) in [6, 6.07) is 17.9. The van der Waals surface area contributed by atoms with Gasteiger partial charge in [0, 0.05) is 11.3 Å². The average Bonchev–Trinajstić information content (AvgIpc) is 2.39. The number of hydrogen-bond acceptors (Lipinski definition) is 1. The van der Waals surface area contributed by atoms with E-state index in [1.54, 1.807) is 12.1 Å². The van der Waals surface area contributed by atoms with Crippen LogP contribution in [-0.2, 0) is 5.41 Å². The summed E-state index contributed by atoms with van der Waals surface area (Å²) in [6.45, 7) is 6.46. The molecule has 0 bridgehead atoms. The third kappa shape index (κ3) is 3.44. The van der Waals surface area contributed by atoms with Gasteiger partial charge in [-0.2, -0.15) is 0 Å². The van der Waals surface area contributed by atoms with Gasteiger partial charge in [-0.25, -0.2) is 0 Å². The lowest BCUT2D eigenvalue weighted by atomic mass is 9.87. The zero-order chi connectivity index (χ0) is 13.9. The topological polar surface area (TPSA) is 29.1 Å². The summed E-state index contributed by atoms with van der Waals surface area (Å²) in [4.78, 5) is 12.1. The van der Waals surface area contributed by atoms with Crippen molar-refractivity contribution in [3.8, 4) is 0 Å².